The molecular weight excluding hydrogens is 200 g/mol. The Hall–Kier alpha value is -1.51. The van der Waals surface area contributed by atoms with E-state index in [0.717, 1.165) is 17.0 Å². The van der Waals surface area contributed by atoms with Crippen LogP contribution in [-0.2, 0) is 12.5 Å². The van der Waals surface area contributed by atoms with Crippen LogP contribution in [0.1, 0.15) is 26.5 Å². The number of methoxy groups -OCH3 is 1. The van der Waals surface area contributed by atoms with E-state index in [1.807, 2.05) is 17.8 Å². The van der Waals surface area contributed by atoms with Gasteiger partial charge in [-0.2, -0.15) is 5.10 Å². The maximum atomic E-state index is 5.26. The standard InChI is InChI=1S/C13H18N2O/c1-13(2,3)12-10-8-9(16-5)6-7-11(10)15(4)14-12/h6-8H,1-5H3. The van der Waals surface area contributed by atoms with Crippen molar-refractivity contribution in [1.29, 1.82) is 0 Å². The summed E-state index contributed by atoms with van der Waals surface area (Å²) in [6.07, 6.45) is 0. The van der Waals surface area contributed by atoms with E-state index in [1.54, 1.807) is 7.11 Å². The van der Waals surface area contributed by atoms with E-state index >= 15 is 0 Å². The molecule has 0 N–H and O–H groups in total. The molecule has 0 aliphatic rings. The Morgan fingerprint density at radius 1 is 1.25 bits per heavy atom. The van der Waals surface area contributed by atoms with Crippen molar-refractivity contribution in [2.75, 3.05) is 7.11 Å². The number of hydrogen-bond acceptors (Lipinski definition) is 2. The molecule has 1 aromatic heterocycles. The molecule has 0 spiro atoms. The van der Waals surface area contributed by atoms with E-state index in [-0.39, 0.29) is 5.41 Å². The summed E-state index contributed by atoms with van der Waals surface area (Å²) >= 11 is 0. The molecule has 1 aromatic carbocycles. The Morgan fingerprint density at radius 3 is 2.50 bits per heavy atom. The fourth-order valence-electron chi connectivity index (χ4n) is 1.93. The lowest BCUT2D eigenvalue weighted by molar-refractivity contribution is 0.415. The molecule has 0 saturated carbocycles. The quantitative estimate of drug-likeness (QED) is 0.736. The second-order valence-corrected chi connectivity index (χ2v) is 5.11. The average Bonchev–Trinajstić information content (AvgIpc) is 2.55. The maximum absolute atomic E-state index is 5.26. The van der Waals surface area contributed by atoms with Gasteiger partial charge in [0.25, 0.3) is 0 Å². The van der Waals surface area contributed by atoms with Crippen LogP contribution in [0.2, 0.25) is 0 Å². The second kappa shape index (κ2) is 3.51. The summed E-state index contributed by atoms with van der Waals surface area (Å²) in [6.45, 7) is 6.52. The topological polar surface area (TPSA) is 27.1 Å². The smallest absolute Gasteiger partial charge is 0.119 e. The Kier molecular flexibility index (Phi) is 2.41. The van der Waals surface area contributed by atoms with Gasteiger partial charge in [-0.3, -0.25) is 4.68 Å². The Morgan fingerprint density at radius 2 is 1.94 bits per heavy atom. The molecule has 0 aliphatic carbocycles. The van der Waals surface area contributed by atoms with Crippen LogP contribution in [-0.4, -0.2) is 16.9 Å². The highest BCUT2D eigenvalue weighted by molar-refractivity contribution is 5.84. The molecule has 2 rings (SSSR count). The molecule has 3 nitrogen and oxygen atoms in total. The molecule has 86 valence electrons. The van der Waals surface area contributed by atoms with Gasteiger partial charge in [0.2, 0.25) is 0 Å². The second-order valence-electron chi connectivity index (χ2n) is 5.11. The molecule has 0 unspecified atom stereocenters. The SMILES string of the molecule is COc1ccc2c(c1)c(C(C)(C)C)nn2C. The zero-order valence-electron chi connectivity index (χ0n) is 10.5. The number of hydrogen-bond donors (Lipinski definition) is 0. The number of aryl methyl sites for hydroxylation is 1. The molecule has 1 heterocycles. The van der Waals surface area contributed by atoms with Gasteiger partial charge in [-0.1, -0.05) is 20.8 Å². The van der Waals surface area contributed by atoms with Gasteiger partial charge in [-0.25, -0.2) is 0 Å². The fraction of sp³-hybridized carbons (Fsp3) is 0.462. The Bertz CT molecular complexity index is 520. The zero-order valence-corrected chi connectivity index (χ0v) is 10.5. The van der Waals surface area contributed by atoms with Crippen molar-refractivity contribution in [3.05, 3.63) is 23.9 Å². The van der Waals surface area contributed by atoms with Crippen molar-refractivity contribution < 1.29 is 4.74 Å². The van der Waals surface area contributed by atoms with E-state index in [4.69, 9.17) is 4.74 Å². The minimum Gasteiger partial charge on any atom is -0.497 e. The van der Waals surface area contributed by atoms with Crippen molar-refractivity contribution in [2.45, 2.75) is 26.2 Å². The fourth-order valence-corrected chi connectivity index (χ4v) is 1.93. The molecule has 16 heavy (non-hydrogen) atoms. The number of aromatic nitrogens is 2. The highest BCUT2D eigenvalue weighted by Gasteiger charge is 2.21. The van der Waals surface area contributed by atoms with Gasteiger partial charge in [0, 0.05) is 17.8 Å². The van der Waals surface area contributed by atoms with Crippen LogP contribution in [0.25, 0.3) is 10.9 Å². The maximum Gasteiger partial charge on any atom is 0.119 e. The predicted molar refractivity (Wildman–Crippen MR) is 66.0 cm³/mol. The third-order valence-corrected chi connectivity index (χ3v) is 2.77. The minimum atomic E-state index is 0.0475. The third kappa shape index (κ3) is 1.66. The van der Waals surface area contributed by atoms with Crippen LogP contribution in [0.3, 0.4) is 0 Å². The highest BCUT2D eigenvalue weighted by Crippen LogP contribution is 2.31. The first-order chi connectivity index (χ1) is 7.43. The molecule has 0 aliphatic heterocycles. The number of fused-ring (bicyclic) bond motifs is 1. The summed E-state index contributed by atoms with van der Waals surface area (Å²) in [5, 5.41) is 5.77. The van der Waals surface area contributed by atoms with Crippen LogP contribution < -0.4 is 4.74 Å². The summed E-state index contributed by atoms with van der Waals surface area (Å²) in [4.78, 5) is 0. The first kappa shape index (κ1) is 11.0. The van der Waals surface area contributed by atoms with Crippen LogP contribution in [0.5, 0.6) is 5.75 Å². The molecule has 0 saturated heterocycles. The zero-order chi connectivity index (χ0) is 11.9. The number of benzene rings is 1. The molecular formula is C13H18N2O. The molecule has 0 atom stereocenters. The molecule has 0 radical (unpaired) electrons. The van der Waals surface area contributed by atoms with E-state index in [1.165, 1.54) is 5.39 Å². The van der Waals surface area contributed by atoms with E-state index < -0.39 is 0 Å². The van der Waals surface area contributed by atoms with Crippen LogP contribution in [0.15, 0.2) is 18.2 Å². The van der Waals surface area contributed by atoms with Crippen LogP contribution in [0, 0.1) is 0 Å². The number of nitrogens with zero attached hydrogens (tertiary/aromatic N) is 2. The first-order valence-electron chi connectivity index (χ1n) is 5.44. The first-order valence-corrected chi connectivity index (χ1v) is 5.44. The molecule has 0 amide bonds. The predicted octanol–water partition coefficient (Wildman–Crippen LogP) is 2.88. The van der Waals surface area contributed by atoms with Gasteiger partial charge in [-0.05, 0) is 18.2 Å². The molecule has 2 aromatic rings. The van der Waals surface area contributed by atoms with Crippen molar-refractivity contribution in [1.82, 2.24) is 9.78 Å². The molecule has 0 fully saturated rings. The van der Waals surface area contributed by atoms with Gasteiger partial charge < -0.3 is 4.74 Å². The Labute approximate surface area is 96.0 Å². The summed E-state index contributed by atoms with van der Waals surface area (Å²) in [5.41, 5.74) is 2.31. The van der Waals surface area contributed by atoms with Crippen molar-refractivity contribution in [3.8, 4) is 5.75 Å². The van der Waals surface area contributed by atoms with E-state index in [0.29, 0.717) is 0 Å². The van der Waals surface area contributed by atoms with Crippen molar-refractivity contribution >= 4 is 10.9 Å². The highest BCUT2D eigenvalue weighted by atomic mass is 16.5. The van der Waals surface area contributed by atoms with E-state index in [2.05, 4.69) is 38.0 Å². The van der Waals surface area contributed by atoms with Gasteiger partial charge in [0.05, 0.1) is 18.3 Å². The van der Waals surface area contributed by atoms with E-state index in [9.17, 15) is 0 Å². The normalized spacial score (nSPS) is 12.1. The number of rotatable bonds is 1. The van der Waals surface area contributed by atoms with Gasteiger partial charge in [0.1, 0.15) is 5.75 Å². The van der Waals surface area contributed by atoms with Gasteiger partial charge in [0.15, 0.2) is 0 Å². The average molecular weight is 218 g/mol. The van der Waals surface area contributed by atoms with Gasteiger partial charge in [-0.15, -0.1) is 0 Å². The third-order valence-electron chi connectivity index (χ3n) is 2.77. The summed E-state index contributed by atoms with van der Waals surface area (Å²) in [6, 6.07) is 6.08. The van der Waals surface area contributed by atoms with Gasteiger partial charge >= 0.3 is 0 Å². The summed E-state index contributed by atoms with van der Waals surface area (Å²) in [7, 11) is 3.67. The van der Waals surface area contributed by atoms with Crippen molar-refractivity contribution in [2.24, 2.45) is 7.05 Å². The minimum absolute atomic E-state index is 0.0475. The lowest BCUT2D eigenvalue weighted by atomic mass is 9.90. The summed E-state index contributed by atoms with van der Waals surface area (Å²) < 4.78 is 7.19. The monoisotopic (exact) mass is 218 g/mol. The largest absolute Gasteiger partial charge is 0.497 e. The number of ether oxygens (including phenoxy) is 1. The molecule has 3 heteroatoms. The lowest BCUT2D eigenvalue weighted by Gasteiger charge is -2.15. The van der Waals surface area contributed by atoms with Crippen LogP contribution >= 0.6 is 0 Å². The van der Waals surface area contributed by atoms with Crippen molar-refractivity contribution in [3.63, 3.8) is 0 Å². The Balaban J connectivity index is 2.75. The molecule has 0 bridgehead atoms. The van der Waals surface area contributed by atoms with Crippen LogP contribution in [0.4, 0.5) is 0 Å². The summed E-state index contributed by atoms with van der Waals surface area (Å²) in [5.74, 6) is 0.881. The lowest BCUT2D eigenvalue weighted by Crippen LogP contribution is -2.12.